The van der Waals surface area contributed by atoms with Crippen LogP contribution in [0.5, 0.6) is 0 Å². The highest BCUT2D eigenvalue weighted by atomic mass is 35.5. The number of halogens is 4. The molecule has 0 saturated carbocycles. The monoisotopic (exact) mass is 320 g/mol. The standard InChI is InChI=1S/C15H20ClF3N2/c1-4-11-8-20-14(2,3)9-21(11)13-7-10(15(17,18)19)5-6-12(13)16/h5-7,11,20H,4,8-9H2,1-3H3. The lowest BCUT2D eigenvalue weighted by molar-refractivity contribution is -0.137. The largest absolute Gasteiger partial charge is 0.416 e. The van der Waals surface area contributed by atoms with Crippen LogP contribution < -0.4 is 10.2 Å². The maximum absolute atomic E-state index is 12.9. The lowest BCUT2D eigenvalue weighted by Crippen LogP contribution is -2.61. The molecule has 1 atom stereocenters. The van der Waals surface area contributed by atoms with Crippen molar-refractivity contribution in [2.24, 2.45) is 0 Å². The highest BCUT2D eigenvalue weighted by Crippen LogP contribution is 2.37. The second kappa shape index (κ2) is 5.69. The van der Waals surface area contributed by atoms with Crippen LogP contribution in [0.3, 0.4) is 0 Å². The molecule has 0 aromatic heterocycles. The van der Waals surface area contributed by atoms with Gasteiger partial charge in [0, 0.05) is 24.7 Å². The number of nitrogens with one attached hydrogen (secondary N) is 1. The van der Waals surface area contributed by atoms with Crippen molar-refractivity contribution in [2.45, 2.75) is 44.9 Å². The zero-order valence-electron chi connectivity index (χ0n) is 12.4. The van der Waals surface area contributed by atoms with E-state index in [2.05, 4.69) is 5.32 Å². The molecule has 0 spiro atoms. The molecule has 1 heterocycles. The third-order valence-corrected chi connectivity index (χ3v) is 4.20. The first-order chi connectivity index (χ1) is 9.64. The Kier molecular flexibility index (Phi) is 4.45. The summed E-state index contributed by atoms with van der Waals surface area (Å²) in [6, 6.07) is 3.66. The van der Waals surface area contributed by atoms with Gasteiger partial charge in [0.15, 0.2) is 0 Å². The van der Waals surface area contributed by atoms with Crippen LogP contribution in [0.15, 0.2) is 18.2 Å². The van der Waals surface area contributed by atoms with Gasteiger partial charge < -0.3 is 10.2 Å². The summed E-state index contributed by atoms with van der Waals surface area (Å²) in [4.78, 5) is 1.99. The molecule has 6 heteroatoms. The Balaban J connectivity index is 2.42. The molecular formula is C15H20ClF3N2. The maximum Gasteiger partial charge on any atom is 0.416 e. The average molecular weight is 321 g/mol. The fourth-order valence-electron chi connectivity index (χ4n) is 2.67. The van der Waals surface area contributed by atoms with Crippen LogP contribution in [0.4, 0.5) is 18.9 Å². The SMILES string of the molecule is CCC1CNC(C)(C)CN1c1cc(C(F)(F)F)ccc1Cl. The van der Waals surface area contributed by atoms with E-state index in [1.54, 1.807) is 0 Å². The zero-order chi connectivity index (χ0) is 15.8. The van der Waals surface area contributed by atoms with Crippen LogP contribution in [0.2, 0.25) is 5.02 Å². The summed E-state index contributed by atoms with van der Waals surface area (Å²) in [6.45, 7) is 7.45. The quantitative estimate of drug-likeness (QED) is 0.872. The first-order valence-corrected chi connectivity index (χ1v) is 7.40. The molecule has 1 unspecified atom stereocenters. The van der Waals surface area contributed by atoms with Gasteiger partial charge in [-0.3, -0.25) is 0 Å². The summed E-state index contributed by atoms with van der Waals surface area (Å²) >= 11 is 6.17. The molecule has 1 aliphatic heterocycles. The molecule has 1 aromatic rings. The van der Waals surface area contributed by atoms with Gasteiger partial charge in [-0.25, -0.2) is 0 Å². The third-order valence-electron chi connectivity index (χ3n) is 3.88. The molecule has 1 N–H and O–H groups in total. The van der Waals surface area contributed by atoms with E-state index in [4.69, 9.17) is 11.6 Å². The summed E-state index contributed by atoms with van der Waals surface area (Å²) in [5, 5.41) is 3.78. The number of benzene rings is 1. The van der Waals surface area contributed by atoms with Crippen LogP contribution in [0.1, 0.15) is 32.8 Å². The van der Waals surface area contributed by atoms with Gasteiger partial charge in [-0.1, -0.05) is 18.5 Å². The third kappa shape index (κ3) is 3.64. The Hall–Kier alpha value is -0.940. The molecule has 2 rings (SSSR count). The molecule has 2 nitrogen and oxygen atoms in total. The first kappa shape index (κ1) is 16.4. The second-order valence-electron chi connectivity index (χ2n) is 6.12. The predicted octanol–water partition coefficient (Wildman–Crippen LogP) is 4.33. The Morgan fingerprint density at radius 2 is 2.05 bits per heavy atom. The highest BCUT2D eigenvalue weighted by molar-refractivity contribution is 6.33. The van der Waals surface area contributed by atoms with E-state index in [0.717, 1.165) is 25.1 Å². The zero-order valence-corrected chi connectivity index (χ0v) is 13.1. The second-order valence-corrected chi connectivity index (χ2v) is 6.53. The molecular weight excluding hydrogens is 301 g/mol. The van der Waals surface area contributed by atoms with Gasteiger partial charge in [0.05, 0.1) is 16.3 Å². The Morgan fingerprint density at radius 3 is 2.62 bits per heavy atom. The summed E-state index contributed by atoms with van der Waals surface area (Å²) < 4.78 is 38.8. The topological polar surface area (TPSA) is 15.3 Å². The molecule has 1 aliphatic rings. The van der Waals surface area contributed by atoms with Crippen molar-refractivity contribution in [3.05, 3.63) is 28.8 Å². The van der Waals surface area contributed by atoms with E-state index >= 15 is 0 Å². The number of hydrogen-bond donors (Lipinski definition) is 1. The van der Waals surface area contributed by atoms with Crippen molar-refractivity contribution in [3.8, 4) is 0 Å². The maximum atomic E-state index is 12.9. The van der Waals surface area contributed by atoms with E-state index in [1.807, 2.05) is 25.7 Å². The van der Waals surface area contributed by atoms with Crippen LogP contribution in [-0.4, -0.2) is 24.7 Å². The Bertz CT molecular complexity index is 514. The molecule has 1 saturated heterocycles. The van der Waals surface area contributed by atoms with Gasteiger partial charge in [-0.15, -0.1) is 0 Å². The van der Waals surface area contributed by atoms with Gasteiger partial charge in [0.25, 0.3) is 0 Å². The smallest absolute Gasteiger partial charge is 0.364 e. The Labute approximate surface area is 128 Å². The van der Waals surface area contributed by atoms with Gasteiger partial charge in [-0.2, -0.15) is 13.2 Å². The van der Waals surface area contributed by atoms with E-state index in [9.17, 15) is 13.2 Å². The predicted molar refractivity (Wildman–Crippen MR) is 80.0 cm³/mol. The molecule has 0 aliphatic carbocycles. The minimum atomic E-state index is -4.36. The van der Waals surface area contributed by atoms with Crippen LogP contribution >= 0.6 is 11.6 Å². The minimum Gasteiger partial charge on any atom is -0.364 e. The molecule has 1 aromatic carbocycles. The number of anilines is 1. The molecule has 0 bridgehead atoms. The number of nitrogens with zero attached hydrogens (tertiary/aromatic N) is 1. The van der Waals surface area contributed by atoms with E-state index < -0.39 is 11.7 Å². The van der Waals surface area contributed by atoms with Crippen LogP contribution in [0.25, 0.3) is 0 Å². The fraction of sp³-hybridized carbons (Fsp3) is 0.600. The van der Waals surface area contributed by atoms with E-state index in [1.165, 1.54) is 6.07 Å². The lowest BCUT2D eigenvalue weighted by Gasteiger charge is -2.46. The van der Waals surface area contributed by atoms with Crippen molar-refractivity contribution < 1.29 is 13.2 Å². The first-order valence-electron chi connectivity index (χ1n) is 7.02. The highest BCUT2D eigenvalue weighted by Gasteiger charge is 2.35. The normalized spacial score (nSPS) is 22.4. The summed E-state index contributed by atoms with van der Waals surface area (Å²) in [7, 11) is 0. The van der Waals surface area contributed by atoms with Crippen LogP contribution in [0, 0.1) is 0 Å². The minimum absolute atomic E-state index is 0.138. The summed E-state index contributed by atoms with van der Waals surface area (Å²) in [5.41, 5.74) is -0.357. The molecule has 0 amide bonds. The number of rotatable bonds is 2. The molecule has 118 valence electrons. The van der Waals surface area contributed by atoms with E-state index in [0.29, 0.717) is 17.3 Å². The number of piperazine rings is 1. The Morgan fingerprint density at radius 1 is 1.38 bits per heavy atom. The van der Waals surface area contributed by atoms with Gasteiger partial charge >= 0.3 is 6.18 Å². The molecule has 21 heavy (non-hydrogen) atoms. The van der Waals surface area contributed by atoms with Gasteiger partial charge in [0.2, 0.25) is 0 Å². The number of hydrogen-bond acceptors (Lipinski definition) is 2. The van der Waals surface area contributed by atoms with Crippen molar-refractivity contribution in [3.63, 3.8) is 0 Å². The number of alkyl halides is 3. The summed E-state index contributed by atoms with van der Waals surface area (Å²) in [5.74, 6) is 0. The van der Waals surface area contributed by atoms with Crippen molar-refractivity contribution in [2.75, 3.05) is 18.0 Å². The van der Waals surface area contributed by atoms with Crippen molar-refractivity contribution in [1.82, 2.24) is 5.32 Å². The fourth-order valence-corrected chi connectivity index (χ4v) is 2.90. The average Bonchev–Trinajstić information content (AvgIpc) is 2.37. The van der Waals surface area contributed by atoms with Crippen molar-refractivity contribution >= 4 is 17.3 Å². The van der Waals surface area contributed by atoms with Gasteiger partial charge in [-0.05, 0) is 38.5 Å². The summed E-state index contributed by atoms with van der Waals surface area (Å²) in [6.07, 6.45) is -3.51. The lowest BCUT2D eigenvalue weighted by atomic mass is 9.96. The van der Waals surface area contributed by atoms with Crippen molar-refractivity contribution in [1.29, 1.82) is 0 Å². The van der Waals surface area contributed by atoms with E-state index in [-0.39, 0.29) is 11.6 Å². The molecule has 1 fully saturated rings. The van der Waals surface area contributed by atoms with Gasteiger partial charge in [0.1, 0.15) is 0 Å². The molecule has 0 radical (unpaired) electrons. The van der Waals surface area contributed by atoms with Crippen LogP contribution in [-0.2, 0) is 6.18 Å².